The van der Waals surface area contributed by atoms with E-state index in [1.807, 2.05) is 0 Å². The van der Waals surface area contributed by atoms with Crippen molar-refractivity contribution < 1.29 is 9.50 Å². The van der Waals surface area contributed by atoms with E-state index in [1.165, 1.54) is 30.5 Å². The quantitative estimate of drug-likeness (QED) is 0.709. The van der Waals surface area contributed by atoms with E-state index in [-0.39, 0.29) is 24.2 Å². The number of hydrogen-bond donors (Lipinski definition) is 3. The van der Waals surface area contributed by atoms with Gasteiger partial charge in [-0.1, -0.05) is 25.0 Å². The van der Waals surface area contributed by atoms with Gasteiger partial charge in [0.15, 0.2) is 0 Å². The number of aliphatic imine (C=N–C) groups is 1. The number of benzene rings is 1. The number of nitrogens with one attached hydrogen (secondary N) is 1. The molecule has 1 aliphatic rings. The maximum atomic E-state index is 13.0. The second-order valence-electron chi connectivity index (χ2n) is 6.50. The number of H-pyrrole nitrogens is 1. The first kappa shape index (κ1) is 18.1. The van der Waals surface area contributed by atoms with E-state index in [0.717, 1.165) is 30.3 Å². The van der Waals surface area contributed by atoms with Gasteiger partial charge >= 0.3 is 5.69 Å². The lowest BCUT2D eigenvalue weighted by Crippen LogP contribution is -2.36. The van der Waals surface area contributed by atoms with E-state index in [2.05, 4.69) is 9.98 Å². The van der Waals surface area contributed by atoms with Gasteiger partial charge < -0.3 is 10.8 Å². The average Bonchev–Trinajstić information content (AvgIpc) is 2.61. The lowest BCUT2D eigenvalue weighted by molar-refractivity contribution is 0.386. The largest absolute Gasteiger partial charge is 0.494 e. The molecule has 138 valence electrons. The molecule has 0 saturated heterocycles. The highest BCUT2D eigenvalue weighted by atomic mass is 19.1. The zero-order valence-corrected chi connectivity index (χ0v) is 14.2. The third-order valence-corrected chi connectivity index (χ3v) is 4.64. The summed E-state index contributed by atoms with van der Waals surface area (Å²) in [5.41, 5.74) is 5.09. The monoisotopic (exact) mass is 360 g/mol. The van der Waals surface area contributed by atoms with Crippen molar-refractivity contribution in [3.63, 3.8) is 0 Å². The Kier molecular flexibility index (Phi) is 5.32. The summed E-state index contributed by atoms with van der Waals surface area (Å²) in [5.74, 6) is -0.875. The summed E-state index contributed by atoms with van der Waals surface area (Å²) in [5, 5.41) is 10.4. The Morgan fingerprint density at radius 3 is 2.65 bits per heavy atom. The highest BCUT2D eigenvalue weighted by Crippen LogP contribution is 2.20. The van der Waals surface area contributed by atoms with Crippen LogP contribution in [-0.2, 0) is 6.54 Å². The van der Waals surface area contributed by atoms with Crippen LogP contribution in [0.5, 0.6) is 5.88 Å². The van der Waals surface area contributed by atoms with Crippen LogP contribution in [0.25, 0.3) is 0 Å². The van der Waals surface area contributed by atoms with Crippen molar-refractivity contribution in [2.45, 2.75) is 44.3 Å². The first-order chi connectivity index (χ1) is 12.5. The van der Waals surface area contributed by atoms with Crippen LogP contribution in [0.2, 0.25) is 0 Å². The molecule has 26 heavy (non-hydrogen) atoms. The van der Waals surface area contributed by atoms with Crippen LogP contribution in [0.15, 0.2) is 38.8 Å². The van der Waals surface area contributed by atoms with E-state index in [0.29, 0.717) is 5.56 Å². The normalized spacial score (nSPS) is 20.5. The number of aromatic amines is 1. The summed E-state index contributed by atoms with van der Waals surface area (Å²) in [4.78, 5) is 30.6. The Labute approximate surface area is 149 Å². The Bertz CT molecular complexity index is 918. The van der Waals surface area contributed by atoms with Gasteiger partial charge in [-0.2, -0.15) is 0 Å². The summed E-state index contributed by atoms with van der Waals surface area (Å²) in [6.07, 6.45) is 5.05. The smallest absolute Gasteiger partial charge is 0.331 e. The Morgan fingerprint density at radius 1 is 1.27 bits per heavy atom. The van der Waals surface area contributed by atoms with Crippen molar-refractivity contribution >= 4 is 6.21 Å². The predicted octanol–water partition coefficient (Wildman–Crippen LogP) is 1.12. The molecule has 0 aliphatic heterocycles. The van der Waals surface area contributed by atoms with Gasteiger partial charge in [0.2, 0.25) is 5.88 Å². The van der Waals surface area contributed by atoms with Crippen LogP contribution in [0.4, 0.5) is 4.39 Å². The molecule has 0 radical (unpaired) electrons. The minimum atomic E-state index is -0.747. The van der Waals surface area contributed by atoms with Gasteiger partial charge in [-0.25, -0.2) is 9.18 Å². The fourth-order valence-electron chi connectivity index (χ4n) is 3.11. The van der Waals surface area contributed by atoms with Crippen molar-refractivity contribution in [1.29, 1.82) is 0 Å². The molecule has 7 nitrogen and oxygen atoms in total. The van der Waals surface area contributed by atoms with Gasteiger partial charge in [-0.15, -0.1) is 0 Å². The van der Waals surface area contributed by atoms with Gasteiger partial charge in [0.25, 0.3) is 5.56 Å². The number of rotatable bonds is 4. The van der Waals surface area contributed by atoms with Gasteiger partial charge in [-0.05, 0) is 30.5 Å². The molecular weight excluding hydrogens is 339 g/mol. The molecule has 0 bridgehead atoms. The topological polar surface area (TPSA) is 113 Å². The number of nitrogens with zero attached hydrogens (tertiary/aromatic N) is 2. The molecule has 2 atom stereocenters. The lowest BCUT2D eigenvalue weighted by Gasteiger charge is -2.24. The van der Waals surface area contributed by atoms with Gasteiger partial charge in [0, 0.05) is 12.3 Å². The molecule has 2 aromatic rings. The summed E-state index contributed by atoms with van der Waals surface area (Å²) >= 11 is 0. The lowest BCUT2D eigenvalue weighted by atomic mass is 9.91. The summed E-state index contributed by atoms with van der Waals surface area (Å²) in [7, 11) is 0. The van der Waals surface area contributed by atoms with E-state index in [1.54, 1.807) is 0 Å². The molecule has 0 unspecified atom stereocenters. The van der Waals surface area contributed by atoms with E-state index >= 15 is 0 Å². The van der Waals surface area contributed by atoms with Crippen molar-refractivity contribution in [2.75, 3.05) is 0 Å². The maximum Gasteiger partial charge on any atom is 0.331 e. The third kappa shape index (κ3) is 3.91. The minimum Gasteiger partial charge on any atom is -0.494 e. The molecule has 0 spiro atoms. The van der Waals surface area contributed by atoms with Crippen LogP contribution in [-0.4, -0.2) is 33.0 Å². The number of nitrogens with two attached hydrogens (primary N) is 1. The van der Waals surface area contributed by atoms with E-state index in [9.17, 15) is 19.1 Å². The molecule has 1 aromatic carbocycles. The molecule has 1 fully saturated rings. The summed E-state index contributed by atoms with van der Waals surface area (Å²) in [6, 6.07) is 5.33. The molecule has 1 saturated carbocycles. The average molecular weight is 360 g/mol. The molecule has 1 aromatic heterocycles. The van der Waals surface area contributed by atoms with Gasteiger partial charge in [-0.3, -0.25) is 19.3 Å². The predicted molar refractivity (Wildman–Crippen MR) is 96.3 cm³/mol. The molecular formula is C18H21FN4O3. The third-order valence-electron chi connectivity index (χ3n) is 4.64. The number of halogens is 1. The van der Waals surface area contributed by atoms with Gasteiger partial charge in [0.1, 0.15) is 11.4 Å². The first-order valence-electron chi connectivity index (χ1n) is 8.55. The highest BCUT2D eigenvalue weighted by Gasteiger charge is 2.21. The molecule has 4 N–H and O–H groups in total. The zero-order valence-electron chi connectivity index (χ0n) is 14.2. The van der Waals surface area contributed by atoms with Crippen LogP contribution >= 0.6 is 0 Å². The SMILES string of the molecule is N[C@@H]1CCCC[C@@H]1N=Cc1c(O)n(Cc2ccc(F)cc2)c(=O)[nH]c1=O. The fraction of sp³-hybridized carbons (Fsp3) is 0.389. The molecule has 8 heteroatoms. The van der Waals surface area contributed by atoms with Crippen LogP contribution in [0.3, 0.4) is 0 Å². The van der Waals surface area contributed by atoms with Crippen molar-refractivity contribution in [2.24, 2.45) is 10.7 Å². The summed E-state index contributed by atoms with van der Waals surface area (Å²) in [6.45, 7) is -0.00842. The van der Waals surface area contributed by atoms with Crippen molar-refractivity contribution in [3.8, 4) is 5.88 Å². The van der Waals surface area contributed by atoms with Crippen LogP contribution in [0.1, 0.15) is 36.8 Å². The minimum absolute atomic E-state index is 0.00842. The van der Waals surface area contributed by atoms with E-state index in [4.69, 9.17) is 5.73 Å². The maximum absolute atomic E-state index is 13.0. The first-order valence-corrected chi connectivity index (χ1v) is 8.55. The fourth-order valence-corrected chi connectivity index (χ4v) is 3.11. The standard InChI is InChI=1S/C18H21FN4O3/c19-12-7-5-11(6-8-12)10-23-17(25)13(16(24)22-18(23)26)9-21-15-4-2-1-3-14(15)20/h5-9,14-15,25H,1-4,10,20H2,(H,22,24,26)/t14-,15+/m1/s1. The molecule has 1 aliphatic carbocycles. The second kappa shape index (κ2) is 7.65. The van der Waals surface area contributed by atoms with E-state index < -0.39 is 22.9 Å². The summed E-state index contributed by atoms with van der Waals surface area (Å²) < 4.78 is 14.0. The van der Waals surface area contributed by atoms with Crippen molar-refractivity contribution in [3.05, 3.63) is 62.0 Å². The Morgan fingerprint density at radius 2 is 1.96 bits per heavy atom. The second-order valence-corrected chi connectivity index (χ2v) is 6.50. The molecule has 0 amide bonds. The van der Waals surface area contributed by atoms with Crippen LogP contribution < -0.4 is 17.0 Å². The van der Waals surface area contributed by atoms with Gasteiger partial charge in [0.05, 0.1) is 12.6 Å². The number of aromatic nitrogens is 2. The number of aromatic hydroxyl groups is 1. The van der Waals surface area contributed by atoms with Crippen molar-refractivity contribution in [1.82, 2.24) is 9.55 Å². The zero-order chi connectivity index (χ0) is 18.7. The molecule has 1 heterocycles. The molecule has 3 rings (SSSR count). The Hall–Kier alpha value is -2.74. The highest BCUT2D eigenvalue weighted by molar-refractivity contribution is 5.82. The Balaban J connectivity index is 1.92. The number of hydrogen-bond acceptors (Lipinski definition) is 5. The van der Waals surface area contributed by atoms with Crippen LogP contribution in [0, 0.1) is 5.82 Å².